The predicted octanol–water partition coefficient (Wildman–Crippen LogP) is -2.46. The largest absolute Gasteiger partial charge is 0.479 e. The van der Waals surface area contributed by atoms with Crippen molar-refractivity contribution in [1.82, 2.24) is 0 Å². The van der Waals surface area contributed by atoms with Crippen LogP contribution in [-0.2, 0) is 42.9 Å². The molecule has 260 valence electrons. The topological polar surface area (TPSA) is 256 Å². The SMILES string of the molecule is CC(C)=CC(=O)O[C@H]1C(=O)O[C@@H]2C[C@H]3[C@H](C)C(=O)C(OC4OC(CO)C(O)C(O)C4O)=C[C@]3(C)[C@H]3[C@@H](O)[C@H](O)C4(C(=O)O)OC[C@]32[C@@H]14. The zero-order chi connectivity index (χ0) is 34.5. The standard InChI is InChI=1S/C31H40O16/c1-10(2)5-16(33)47-22-24-30-9-43-31(24,28(41)42)25(39)21(38)23(30)29(4)7-13(17(34)11(3)12(29)6-15(30)46-26(22)40)44-27-20(37)19(36)18(35)14(8-32)45-27/h5,7,11-12,14-15,18-25,27,32,35-39H,6,8-9H2,1-4H3,(H,41,42)/t11-,12-,14?,15+,18?,19?,20?,21+,22+,23+,24+,25-,27?,29-,30+,31?/m0/s1. The molecule has 3 aliphatic carbocycles. The lowest BCUT2D eigenvalue weighted by molar-refractivity contribution is -0.296. The molecule has 1 spiro atoms. The highest BCUT2D eigenvalue weighted by Crippen LogP contribution is 2.72. The highest BCUT2D eigenvalue weighted by molar-refractivity contribution is 5.97. The van der Waals surface area contributed by atoms with Crippen molar-refractivity contribution in [3.05, 3.63) is 23.5 Å². The molecule has 0 aromatic carbocycles. The lowest BCUT2D eigenvalue weighted by Gasteiger charge is -2.67. The van der Waals surface area contributed by atoms with Crippen molar-refractivity contribution in [2.45, 2.75) is 94.8 Å². The minimum atomic E-state index is -2.57. The molecule has 0 radical (unpaired) electrons. The molecule has 3 saturated heterocycles. The maximum atomic E-state index is 13.7. The van der Waals surface area contributed by atoms with E-state index in [0.29, 0.717) is 5.57 Å². The van der Waals surface area contributed by atoms with Gasteiger partial charge in [0, 0.05) is 23.3 Å². The van der Waals surface area contributed by atoms with Gasteiger partial charge in [-0.15, -0.1) is 0 Å². The van der Waals surface area contributed by atoms with Gasteiger partial charge in [0.25, 0.3) is 0 Å². The number of hydrogen-bond donors (Lipinski definition) is 7. The van der Waals surface area contributed by atoms with Crippen molar-refractivity contribution in [1.29, 1.82) is 0 Å². The van der Waals surface area contributed by atoms with E-state index in [0.717, 1.165) is 6.08 Å². The number of aliphatic hydroxyl groups excluding tert-OH is 6. The highest BCUT2D eigenvalue weighted by atomic mass is 16.7. The Morgan fingerprint density at radius 1 is 1.04 bits per heavy atom. The molecule has 0 aromatic rings. The zero-order valence-corrected chi connectivity index (χ0v) is 26.1. The Morgan fingerprint density at radius 2 is 1.72 bits per heavy atom. The number of allylic oxidation sites excluding steroid dienone is 3. The van der Waals surface area contributed by atoms with Crippen molar-refractivity contribution in [3.8, 4) is 0 Å². The molecule has 6 rings (SSSR count). The summed E-state index contributed by atoms with van der Waals surface area (Å²) >= 11 is 0. The van der Waals surface area contributed by atoms with E-state index < -0.39 is 132 Å². The Hall–Kier alpha value is -2.96. The van der Waals surface area contributed by atoms with Crippen LogP contribution in [0.2, 0.25) is 0 Å². The van der Waals surface area contributed by atoms with Crippen molar-refractivity contribution in [3.63, 3.8) is 0 Å². The molecule has 0 aromatic heterocycles. The zero-order valence-electron chi connectivity index (χ0n) is 26.1. The summed E-state index contributed by atoms with van der Waals surface area (Å²) in [5.74, 6) is -8.84. The molecule has 5 fully saturated rings. The average Bonchev–Trinajstić information content (AvgIpc) is 3.31. The van der Waals surface area contributed by atoms with Crippen LogP contribution in [0.4, 0.5) is 0 Å². The second kappa shape index (κ2) is 11.3. The molecule has 16 heteroatoms. The van der Waals surface area contributed by atoms with E-state index >= 15 is 0 Å². The number of esters is 2. The number of fused-ring (bicyclic) bond motifs is 2. The number of carboxylic acid groups (broad SMARTS) is 1. The number of carbonyl (C=O) groups excluding carboxylic acids is 3. The van der Waals surface area contributed by atoms with Gasteiger partial charge in [-0.1, -0.05) is 19.4 Å². The van der Waals surface area contributed by atoms with E-state index in [9.17, 15) is 54.9 Å². The second-order valence-electron chi connectivity index (χ2n) is 14.1. The first-order valence-corrected chi connectivity index (χ1v) is 15.5. The molecule has 16 nitrogen and oxygen atoms in total. The van der Waals surface area contributed by atoms with Crippen LogP contribution in [0.25, 0.3) is 0 Å². The number of rotatable bonds is 6. The summed E-state index contributed by atoms with van der Waals surface area (Å²) in [6.45, 7) is 5.32. The third kappa shape index (κ3) is 4.49. The van der Waals surface area contributed by atoms with Gasteiger partial charge < -0.3 is 59.4 Å². The first-order valence-electron chi connectivity index (χ1n) is 15.5. The van der Waals surface area contributed by atoms with Gasteiger partial charge in [0.1, 0.15) is 36.6 Å². The van der Waals surface area contributed by atoms with Gasteiger partial charge in [-0.25, -0.2) is 14.4 Å². The predicted molar refractivity (Wildman–Crippen MR) is 150 cm³/mol. The van der Waals surface area contributed by atoms with Gasteiger partial charge >= 0.3 is 17.9 Å². The monoisotopic (exact) mass is 668 g/mol. The average molecular weight is 669 g/mol. The quantitative estimate of drug-likeness (QED) is 0.114. The van der Waals surface area contributed by atoms with Gasteiger partial charge in [0.15, 0.2) is 11.5 Å². The highest BCUT2D eigenvalue weighted by Gasteiger charge is 2.85. The van der Waals surface area contributed by atoms with Crippen LogP contribution in [-0.4, -0.2) is 133 Å². The Kier molecular flexibility index (Phi) is 8.16. The Bertz CT molecular complexity index is 1420. The second-order valence-corrected chi connectivity index (χ2v) is 14.1. The molecule has 47 heavy (non-hydrogen) atoms. The van der Waals surface area contributed by atoms with E-state index in [1.807, 2.05) is 0 Å². The summed E-state index contributed by atoms with van der Waals surface area (Å²) in [7, 11) is 0. The Morgan fingerprint density at radius 3 is 2.34 bits per heavy atom. The van der Waals surface area contributed by atoms with Gasteiger partial charge in [0.05, 0.1) is 25.2 Å². The molecular formula is C31H40O16. The van der Waals surface area contributed by atoms with Crippen molar-refractivity contribution < 1.29 is 78.6 Å². The first-order chi connectivity index (χ1) is 22.0. The van der Waals surface area contributed by atoms with Crippen molar-refractivity contribution in [2.75, 3.05) is 13.2 Å². The number of aliphatic carboxylic acids is 1. The van der Waals surface area contributed by atoms with Crippen LogP contribution < -0.4 is 0 Å². The molecule has 2 bridgehead atoms. The normalized spacial score (nSPS) is 49.9. The summed E-state index contributed by atoms with van der Waals surface area (Å²) in [5, 5.41) is 74.6. The number of hydrogen-bond acceptors (Lipinski definition) is 15. The smallest absolute Gasteiger partial charge is 0.348 e. The molecular weight excluding hydrogens is 628 g/mol. The lowest BCUT2D eigenvalue weighted by Crippen LogP contribution is -2.79. The number of carboxylic acids is 1. The molecule has 7 N–H and O–H groups in total. The fourth-order valence-electron chi connectivity index (χ4n) is 9.43. The van der Waals surface area contributed by atoms with Gasteiger partial charge in [0.2, 0.25) is 18.0 Å². The number of Topliss-reactive ketones (excluding diaryl/α,β-unsaturated/α-hetero) is 1. The molecule has 16 atom stereocenters. The fourth-order valence-corrected chi connectivity index (χ4v) is 9.43. The summed E-state index contributed by atoms with van der Waals surface area (Å²) in [5.41, 5.74) is -4.90. The van der Waals surface area contributed by atoms with Crippen molar-refractivity contribution in [2.24, 2.45) is 34.5 Å². The van der Waals surface area contributed by atoms with E-state index in [-0.39, 0.29) is 12.2 Å². The summed E-state index contributed by atoms with van der Waals surface area (Å²) < 4.78 is 28.6. The third-order valence-corrected chi connectivity index (χ3v) is 11.4. The van der Waals surface area contributed by atoms with Crippen molar-refractivity contribution >= 4 is 23.7 Å². The van der Waals surface area contributed by atoms with E-state index in [1.165, 1.54) is 6.08 Å². The van der Waals surface area contributed by atoms with Crippen LogP contribution in [0.15, 0.2) is 23.5 Å². The van der Waals surface area contributed by atoms with Crippen LogP contribution in [0.5, 0.6) is 0 Å². The summed E-state index contributed by atoms with van der Waals surface area (Å²) in [6.07, 6.45) is -12.7. The van der Waals surface area contributed by atoms with Crippen LogP contribution in [0, 0.1) is 34.5 Å². The molecule has 3 heterocycles. The maximum Gasteiger partial charge on any atom is 0.348 e. The third-order valence-electron chi connectivity index (χ3n) is 11.4. The first kappa shape index (κ1) is 33.9. The fraction of sp³-hybridized carbons (Fsp3) is 0.742. The number of ether oxygens (including phenoxy) is 5. The minimum Gasteiger partial charge on any atom is -0.479 e. The van der Waals surface area contributed by atoms with E-state index in [2.05, 4.69) is 0 Å². The Labute approximate surface area is 268 Å². The van der Waals surface area contributed by atoms with Crippen LogP contribution >= 0.6 is 0 Å². The van der Waals surface area contributed by atoms with Gasteiger partial charge in [-0.2, -0.15) is 0 Å². The number of ketones is 1. The van der Waals surface area contributed by atoms with Crippen LogP contribution in [0.3, 0.4) is 0 Å². The molecule has 3 aliphatic heterocycles. The molecule has 2 saturated carbocycles. The molecule has 0 amide bonds. The minimum absolute atomic E-state index is 0.00247. The molecule has 6 aliphatic rings. The lowest BCUT2D eigenvalue weighted by atomic mass is 9.38. The van der Waals surface area contributed by atoms with E-state index in [1.54, 1.807) is 27.7 Å². The van der Waals surface area contributed by atoms with Crippen LogP contribution in [0.1, 0.15) is 34.1 Å². The Balaban J connectivity index is 1.47. The number of carbonyl (C=O) groups is 4. The van der Waals surface area contributed by atoms with Gasteiger partial charge in [-0.3, -0.25) is 4.79 Å². The van der Waals surface area contributed by atoms with E-state index in [4.69, 9.17) is 23.7 Å². The summed E-state index contributed by atoms with van der Waals surface area (Å²) in [6, 6.07) is 0. The van der Waals surface area contributed by atoms with Gasteiger partial charge in [-0.05, 0) is 37.7 Å². The number of aliphatic hydroxyl groups is 6. The summed E-state index contributed by atoms with van der Waals surface area (Å²) in [4.78, 5) is 53.0. The molecule has 6 unspecified atom stereocenters. The maximum absolute atomic E-state index is 13.7.